The topological polar surface area (TPSA) is 0 Å². The molecule has 0 nitrogen and oxygen atoms in total. The van der Waals surface area contributed by atoms with E-state index in [1.54, 1.807) is 0 Å². The van der Waals surface area contributed by atoms with Crippen molar-refractivity contribution in [3.05, 3.63) is 108 Å². The van der Waals surface area contributed by atoms with Crippen molar-refractivity contribution in [3.63, 3.8) is 0 Å². The van der Waals surface area contributed by atoms with Crippen molar-refractivity contribution in [1.29, 1.82) is 0 Å². The number of benzene rings is 4. The molecule has 0 amide bonds. The average Bonchev–Trinajstić information content (AvgIpc) is 2.78. The second kappa shape index (κ2) is 8.43. The van der Waals surface area contributed by atoms with Crippen LogP contribution in [-0.2, 0) is 10.8 Å². The Morgan fingerprint density at radius 3 is 1.19 bits per heavy atom. The van der Waals surface area contributed by atoms with E-state index in [4.69, 9.17) is 0 Å². The van der Waals surface area contributed by atoms with Gasteiger partial charge in [-0.2, -0.15) is 0 Å². The molecular formula is C32H34. The van der Waals surface area contributed by atoms with Crippen LogP contribution >= 0.6 is 0 Å². The normalized spacial score (nSPS) is 12.1. The Morgan fingerprint density at radius 2 is 0.750 bits per heavy atom. The lowest BCUT2D eigenvalue weighted by Crippen LogP contribution is -2.13. The molecule has 0 radical (unpaired) electrons. The Hall–Kier alpha value is -3.12. The first-order valence-electron chi connectivity index (χ1n) is 11.5. The molecule has 0 heterocycles. The monoisotopic (exact) mass is 418 g/mol. The Morgan fingerprint density at radius 1 is 0.375 bits per heavy atom. The van der Waals surface area contributed by atoms with Crippen LogP contribution in [0, 0.1) is 0 Å². The summed E-state index contributed by atoms with van der Waals surface area (Å²) in [6.45, 7) is 13.8. The van der Waals surface area contributed by atoms with Gasteiger partial charge < -0.3 is 0 Å². The lowest BCUT2D eigenvalue weighted by atomic mass is 9.79. The minimum Gasteiger partial charge on any atom is -0.0622 e. The summed E-state index contributed by atoms with van der Waals surface area (Å²) in [7, 11) is 0. The molecule has 162 valence electrons. The quantitative estimate of drug-likeness (QED) is 0.311. The van der Waals surface area contributed by atoms with Crippen molar-refractivity contribution < 1.29 is 0 Å². The van der Waals surface area contributed by atoms with Gasteiger partial charge in [-0.25, -0.2) is 0 Å². The summed E-state index contributed by atoms with van der Waals surface area (Å²) in [4.78, 5) is 0. The summed E-state index contributed by atoms with van der Waals surface area (Å²) in [5.74, 6) is 0. The van der Waals surface area contributed by atoms with E-state index in [-0.39, 0.29) is 10.8 Å². The van der Waals surface area contributed by atoms with E-state index in [2.05, 4.69) is 139 Å². The van der Waals surface area contributed by atoms with Crippen LogP contribution in [0.3, 0.4) is 0 Å². The Bertz CT molecular complexity index is 1140. The molecule has 0 spiro atoms. The molecule has 0 bridgehead atoms. The third-order valence-electron chi connectivity index (χ3n) is 6.13. The van der Waals surface area contributed by atoms with Gasteiger partial charge in [0.05, 0.1) is 0 Å². The van der Waals surface area contributed by atoms with Gasteiger partial charge in [0.1, 0.15) is 0 Å². The molecule has 0 unspecified atom stereocenters. The molecule has 0 heteroatoms. The molecule has 0 saturated heterocycles. The molecule has 0 aliphatic heterocycles. The molecule has 4 rings (SSSR count). The fourth-order valence-corrected chi connectivity index (χ4v) is 4.51. The van der Waals surface area contributed by atoms with E-state index in [9.17, 15) is 0 Å². The van der Waals surface area contributed by atoms with Crippen LogP contribution in [0.5, 0.6) is 0 Å². The van der Waals surface area contributed by atoms with Crippen molar-refractivity contribution in [2.45, 2.75) is 52.4 Å². The van der Waals surface area contributed by atoms with E-state index in [1.807, 2.05) is 0 Å². The molecule has 4 aromatic rings. The highest BCUT2D eigenvalue weighted by molar-refractivity contribution is 5.83. The van der Waals surface area contributed by atoms with Gasteiger partial charge in [-0.05, 0) is 73.5 Å². The molecule has 0 aliphatic carbocycles. The van der Waals surface area contributed by atoms with E-state index >= 15 is 0 Å². The predicted octanol–water partition coefficient (Wildman–Crippen LogP) is 9.28. The Labute approximate surface area is 194 Å². The lowest BCUT2D eigenvalue weighted by Gasteiger charge is -2.25. The van der Waals surface area contributed by atoms with Gasteiger partial charge in [0, 0.05) is 0 Å². The van der Waals surface area contributed by atoms with Gasteiger partial charge >= 0.3 is 0 Å². The van der Waals surface area contributed by atoms with Gasteiger partial charge in [-0.1, -0.05) is 120 Å². The van der Waals surface area contributed by atoms with Gasteiger partial charge in [-0.15, -0.1) is 0 Å². The molecule has 0 aromatic heterocycles. The summed E-state index contributed by atoms with van der Waals surface area (Å²) in [5.41, 5.74) is 10.6. The van der Waals surface area contributed by atoms with Crippen LogP contribution in [0.15, 0.2) is 97.1 Å². The van der Waals surface area contributed by atoms with Crippen LogP contribution < -0.4 is 0 Å². The van der Waals surface area contributed by atoms with Crippen molar-refractivity contribution in [2.24, 2.45) is 0 Å². The molecule has 0 N–H and O–H groups in total. The SMILES string of the molecule is CC(C)(C)c1ccccc1-c1cc(-c2ccccc2)cc(-c2ccccc2C(C)(C)C)c1. The van der Waals surface area contributed by atoms with E-state index in [0.29, 0.717) is 0 Å². The Balaban J connectivity index is 2.01. The van der Waals surface area contributed by atoms with Crippen LogP contribution in [0.4, 0.5) is 0 Å². The van der Waals surface area contributed by atoms with Crippen molar-refractivity contribution in [3.8, 4) is 33.4 Å². The van der Waals surface area contributed by atoms with Gasteiger partial charge in [0.25, 0.3) is 0 Å². The second-order valence-electron chi connectivity index (χ2n) is 10.8. The summed E-state index contributed by atoms with van der Waals surface area (Å²) in [6, 6.07) is 35.5. The third kappa shape index (κ3) is 4.55. The van der Waals surface area contributed by atoms with Crippen molar-refractivity contribution in [1.82, 2.24) is 0 Å². The van der Waals surface area contributed by atoms with Gasteiger partial charge in [0.2, 0.25) is 0 Å². The fraction of sp³-hybridized carbons (Fsp3) is 0.250. The van der Waals surface area contributed by atoms with Crippen LogP contribution in [0.25, 0.3) is 33.4 Å². The van der Waals surface area contributed by atoms with E-state index in [1.165, 1.54) is 44.5 Å². The van der Waals surface area contributed by atoms with Gasteiger partial charge in [-0.3, -0.25) is 0 Å². The highest BCUT2D eigenvalue weighted by Crippen LogP contribution is 2.40. The second-order valence-corrected chi connectivity index (χ2v) is 10.8. The lowest BCUT2D eigenvalue weighted by molar-refractivity contribution is 0.592. The number of rotatable bonds is 3. The van der Waals surface area contributed by atoms with Crippen molar-refractivity contribution >= 4 is 0 Å². The smallest absolute Gasteiger partial charge is 0.0126 e. The maximum Gasteiger partial charge on any atom is -0.0126 e. The highest BCUT2D eigenvalue weighted by atomic mass is 14.3. The first kappa shape index (κ1) is 22.1. The molecule has 4 aromatic carbocycles. The minimum atomic E-state index is 0.0722. The molecule has 0 fully saturated rings. The third-order valence-corrected chi connectivity index (χ3v) is 6.13. The van der Waals surface area contributed by atoms with Crippen LogP contribution in [-0.4, -0.2) is 0 Å². The number of hydrogen-bond acceptors (Lipinski definition) is 0. The fourth-order valence-electron chi connectivity index (χ4n) is 4.51. The largest absolute Gasteiger partial charge is 0.0622 e. The minimum absolute atomic E-state index is 0.0722. The standard InChI is InChI=1S/C32H34/c1-31(2,3)29-18-12-10-16-27(29)25-20-24(23-14-8-7-9-15-23)21-26(22-25)28-17-11-13-19-30(28)32(4,5)6/h7-22H,1-6H3. The highest BCUT2D eigenvalue weighted by Gasteiger charge is 2.21. The van der Waals surface area contributed by atoms with Crippen LogP contribution in [0.1, 0.15) is 52.7 Å². The molecular weight excluding hydrogens is 384 g/mol. The van der Waals surface area contributed by atoms with E-state index in [0.717, 1.165) is 0 Å². The maximum atomic E-state index is 2.38. The summed E-state index contributed by atoms with van der Waals surface area (Å²) in [6.07, 6.45) is 0. The van der Waals surface area contributed by atoms with Crippen molar-refractivity contribution in [2.75, 3.05) is 0 Å². The first-order chi connectivity index (χ1) is 15.1. The number of hydrogen-bond donors (Lipinski definition) is 0. The molecule has 0 atom stereocenters. The summed E-state index contributed by atoms with van der Waals surface area (Å²) in [5, 5.41) is 0. The van der Waals surface area contributed by atoms with E-state index < -0.39 is 0 Å². The molecule has 0 saturated carbocycles. The first-order valence-corrected chi connectivity index (χ1v) is 11.5. The molecule has 0 aliphatic rings. The zero-order valence-electron chi connectivity index (χ0n) is 20.2. The zero-order chi connectivity index (χ0) is 22.9. The van der Waals surface area contributed by atoms with Gasteiger partial charge in [0.15, 0.2) is 0 Å². The predicted molar refractivity (Wildman–Crippen MR) is 140 cm³/mol. The summed E-state index contributed by atoms with van der Waals surface area (Å²) < 4.78 is 0. The maximum absolute atomic E-state index is 2.38. The Kier molecular flexibility index (Phi) is 5.82. The van der Waals surface area contributed by atoms with Crippen LogP contribution in [0.2, 0.25) is 0 Å². The summed E-state index contributed by atoms with van der Waals surface area (Å²) >= 11 is 0. The zero-order valence-corrected chi connectivity index (χ0v) is 20.2. The average molecular weight is 419 g/mol. The molecule has 32 heavy (non-hydrogen) atoms.